The van der Waals surface area contributed by atoms with Crippen LogP contribution in [0.3, 0.4) is 0 Å². The normalized spacial score (nSPS) is 17.2. The van der Waals surface area contributed by atoms with Gasteiger partial charge in [0, 0.05) is 12.4 Å². The molecule has 0 aliphatic heterocycles. The number of hydrogen-bond donors (Lipinski definition) is 1. The van der Waals surface area contributed by atoms with Gasteiger partial charge in [0.25, 0.3) is 5.91 Å². The molecule has 1 heterocycles. The van der Waals surface area contributed by atoms with Gasteiger partial charge in [-0.05, 0) is 30.7 Å². The third-order valence-corrected chi connectivity index (χ3v) is 3.57. The number of aromatic nitrogens is 1. The lowest BCUT2D eigenvalue weighted by atomic mass is 9.68. The summed E-state index contributed by atoms with van der Waals surface area (Å²) < 4.78 is 5.63. The van der Waals surface area contributed by atoms with Crippen LogP contribution >= 0.6 is 0 Å². The number of primary amides is 1. The minimum Gasteiger partial charge on any atom is -0.493 e. The van der Waals surface area contributed by atoms with Gasteiger partial charge in [-0.2, -0.15) is 0 Å². The SMILES string of the molecule is CC1(CCOc2ccncc2C(N)=O)CCC1. The average molecular weight is 234 g/mol. The summed E-state index contributed by atoms with van der Waals surface area (Å²) >= 11 is 0. The molecule has 2 rings (SSSR count). The van der Waals surface area contributed by atoms with Gasteiger partial charge >= 0.3 is 0 Å². The predicted octanol–water partition coefficient (Wildman–Crippen LogP) is 2.14. The molecule has 0 bridgehead atoms. The van der Waals surface area contributed by atoms with Crippen molar-refractivity contribution in [2.75, 3.05) is 6.61 Å². The Hall–Kier alpha value is -1.58. The van der Waals surface area contributed by atoms with Crippen molar-refractivity contribution >= 4 is 5.91 Å². The largest absolute Gasteiger partial charge is 0.493 e. The van der Waals surface area contributed by atoms with Gasteiger partial charge in [-0.1, -0.05) is 13.3 Å². The number of hydrogen-bond acceptors (Lipinski definition) is 3. The van der Waals surface area contributed by atoms with Gasteiger partial charge in [-0.25, -0.2) is 0 Å². The van der Waals surface area contributed by atoms with Crippen LogP contribution in [0.1, 0.15) is 43.0 Å². The van der Waals surface area contributed by atoms with Crippen LogP contribution < -0.4 is 10.5 Å². The maximum absolute atomic E-state index is 11.2. The minimum atomic E-state index is -0.497. The van der Waals surface area contributed by atoms with Gasteiger partial charge in [0.1, 0.15) is 5.75 Å². The Morgan fingerprint density at radius 1 is 1.59 bits per heavy atom. The molecule has 2 N–H and O–H groups in total. The van der Waals surface area contributed by atoms with E-state index < -0.39 is 5.91 Å². The third-order valence-electron chi connectivity index (χ3n) is 3.57. The van der Waals surface area contributed by atoms with Crippen LogP contribution in [0.2, 0.25) is 0 Å². The predicted molar refractivity (Wildman–Crippen MR) is 64.8 cm³/mol. The smallest absolute Gasteiger partial charge is 0.254 e. The highest BCUT2D eigenvalue weighted by molar-refractivity contribution is 5.95. The average Bonchev–Trinajstić information content (AvgIpc) is 2.27. The van der Waals surface area contributed by atoms with E-state index in [0.29, 0.717) is 23.3 Å². The molecular formula is C13H18N2O2. The number of amides is 1. The first kappa shape index (κ1) is 11.9. The minimum absolute atomic E-state index is 0.353. The van der Waals surface area contributed by atoms with E-state index >= 15 is 0 Å². The quantitative estimate of drug-likeness (QED) is 0.848. The molecule has 1 fully saturated rings. The van der Waals surface area contributed by atoms with Gasteiger partial charge < -0.3 is 10.5 Å². The second-order valence-electron chi connectivity index (χ2n) is 5.00. The summed E-state index contributed by atoms with van der Waals surface area (Å²) in [5.41, 5.74) is 6.03. The topological polar surface area (TPSA) is 65.2 Å². The maximum atomic E-state index is 11.2. The lowest BCUT2D eigenvalue weighted by Gasteiger charge is -2.38. The number of carbonyl (C=O) groups is 1. The molecule has 1 amide bonds. The Kier molecular flexibility index (Phi) is 3.31. The fraction of sp³-hybridized carbons (Fsp3) is 0.538. The molecule has 0 unspecified atom stereocenters. The standard InChI is InChI=1S/C13H18N2O2/c1-13(4-2-5-13)6-8-17-11-3-7-15-9-10(11)12(14)16/h3,7,9H,2,4-6,8H2,1H3,(H2,14,16). The zero-order valence-corrected chi connectivity index (χ0v) is 10.1. The zero-order chi connectivity index (χ0) is 12.3. The Balaban J connectivity index is 1.92. The molecule has 0 spiro atoms. The number of ether oxygens (including phenoxy) is 1. The number of nitrogens with two attached hydrogens (primary N) is 1. The van der Waals surface area contributed by atoms with Crippen molar-refractivity contribution in [2.45, 2.75) is 32.6 Å². The van der Waals surface area contributed by atoms with Gasteiger partial charge in [0.05, 0.1) is 12.2 Å². The third kappa shape index (κ3) is 2.75. The molecule has 0 radical (unpaired) electrons. The Bertz CT molecular complexity index is 414. The lowest BCUT2D eigenvalue weighted by Crippen LogP contribution is -2.27. The van der Waals surface area contributed by atoms with Crippen LogP contribution in [-0.4, -0.2) is 17.5 Å². The Morgan fingerprint density at radius 2 is 2.35 bits per heavy atom. The summed E-state index contributed by atoms with van der Waals surface area (Å²) in [7, 11) is 0. The van der Waals surface area contributed by atoms with Crippen LogP contribution in [0.4, 0.5) is 0 Å². The van der Waals surface area contributed by atoms with Crippen molar-refractivity contribution in [2.24, 2.45) is 11.1 Å². The van der Waals surface area contributed by atoms with Gasteiger partial charge in [0.15, 0.2) is 0 Å². The van der Waals surface area contributed by atoms with Crippen molar-refractivity contribution in [3.05, 3.63) is 24.0 Å². The number of pyridine rings is 1. The summed E-state index contributed by atoms with van der Waals surface area (Å²) in [4.78, 5) is 15.0. The number of carbonyl (C=O) groups excluding carboxylic acids is 1. The van der Waals surface area contributed by atoms with Gasteiger partial charge in [-0.15, -0.1) is 0 Å². The summed E-state index contributed by atoms with van der Waals surface area (Å²) in [6, 6.07) is 1.68. The van der Waals surface area contributed by atoms with E-state index in [1.807, 2.05) is 0 Å². The van der Waals surface area contributed by atoms with Crippen molar-refractivity contribution in [1.82, 2.24) is 4.98 Å². The summed E-state index contributed by atoms with van der Waals surface area (Å²) in [5.74, 6) is 0.0402. The van der Waals surface area contributed by atoms with E-state index in [4.69, 9.17) is 10.5 Å². The number of nitrogens with zero attached hydrogens (tertiary/aromatic N) is 1. The molecule has 92 valence electrons. The second kappa shape index (κ2) is 4.73. The first-order valence-electron chi connectivity index (χ1n) is 5.97. The van der Waals surface area contributed by atoms with E-state index in [1.54, 1.807) is 12.3 Å². The van der Waals surface area contributed by atoms with Gasteiger partial charge in [-0.3, -0.25) is 9.78 Å². The molecule has 4 nitrogen and oxygen atoms in total. The van der Waals surface area contributed by atoms with Crippen molar-refractivity contribution < 1.29 is 9.53 Å². The number of rotatable bonds is 5. The van der Waals surface area contributed by atoms with Crippen molar-refractivity contribution in [3.63, 3.8) is 0 Å². The summed E-state index contributed by atoms with van der Waals surface area (Å²) in [5, 5.41) is 0. The van der Waals surface area contributed by atoms with Crippen molar-refractivity contribution in [1.29, 1.82) is 0 Å². The zero-order valence-electron chi connectivity index (χ0n) is 10.1. The molecule has 1 aliphatic rings. The molecule has 4 heteroatoms. The molecular weight excluding hydrogens is 216 g/mol. The van der Waals surface area contributed by atoms with E-state index in [1.165, 1.54) is 25.5 Å². The van der Waals surface area contributed by atoms with Crippen molar-refractivity contribution in [3.8, 4) is 5.75 Å². The molecule has 1 saturated carbocycles. The first-order valence-corrected chi connectivity index (χ1v) is 5.97. The first-order chi connectivity index (χ1) is 8.11. The van der Waals surface area contributed by atoms with Crippen LogP contribution in [-0.2, 0) is 0 Å². The molecule has 1 aliphatic carbocycles. The fourth-order valence-corrected chi connectivity index (χ4v) is 2.13. The second-order valence-corrected chi connectivity index (χ2v) is 5.00. The van der Waals surface area contributed by atoms with E-state index in [0.717, 1.165) is 6.42 Å². The summed E-state index contributed by atoms with van der Waals surface area (Å²) in [6.07, 6.45) is 7.94. The highest BCUT2D eigenvalue weighted by Gasteiger charge is 2.31. The molecule has 1 aromatic heterocycles. The Labute approximate surface area is 101 Å². The van der Waals surface area contributed by atoms with E-state index in [9.17, 15) is 4.79 Å². The highest BCUT2D eigenvalue weighted by atomic mass is 16.5. The van der Waals surface area contributed by atoms with Crippen LogP contribution in [0.25, 0.3) is 0 Å². The maximum Gasteiger partial charge on any atom is 0.254 e. The molecule has 17 heavy (non-hydrogen) atoms. The van der Waals surface area contributed by atoms with Gasteiger partial charge in [0.2, 0.25) is 0 Å². The molecule has 0 saturated heterocycles. The van der Waals surface area contributed by atoms with Crippen LogP contribution in [0.15, 0.2) is 18.5 Å². The van der Waals surface area contributed by atoms with E-state index in [2.05, 4.69) is 11.9 Å². The monoisotopic (exact) mass is 234 g/mol. The lowest BCUT2D eigenvalue weighted by molar-refractivity contribution is 0.0988. The van der Waals surface area contributed by atoms with Crippen LogP contribution in [0.5, 0.6) is 5.75 Å². The highest BCUT2D eigenvalue weighted by Crippen LogP contribution is 2.43. The molecule has 0 atom stereocenters. The summed E-state index contributed by atoms with van der Waals surface area (Å²) in [6.45, 7) is 2.90. The van der Waals surface area contributed by atoms with Crippen LogP contribution in [0, 0.1) is 5.41 Å². The van der Waals surface area contributed by atoms with E-state index in [-0.39, 0.29) is 0 Å². The Morgan fingerprint density at radius 3 is 2.94 bits per heavy atom. The molecule has 1 aromatic rings. The fourth-order valence-electron chi connectivity index (χ4n) is 2.13. The molecule has 0 aromatic carbocycles.